The van der Waals surface area contributed by atoms with Gasteiger partial charge in [-0.15, -0.1) is 12.1 Å². The molecule has 0 bridgehead atoms. The van der Waals surface area contributed by atoms with Crippen molar-refractivity contribution < 1.29 is 25.8 Å². The molecule has 0 N–H and O–H groups in total. The maximum Gasteiger partial charge on any atom is 2.00 e. The summed E-state index contributed by atoms with van der Waals surface area (Å²) in [4.78, 5) is 9.45. The molecule has 0 radical (unpaired) electrons. The number of benzene rings is 6. The Bertz CT molecular complexity index is 2820. The number of ether oxygens (including phenoxy) is 1. The first-order valence-corrected chi connectivity index (χ1v) is 15.6. The van der Waals surface area contributed by atoms with E-state index in [0.717, 1.165) is 60.2 Å². The summed E-state index contributed by atoms with van der Waals surface area (Å²) < 4.78 is 10.8. The van der Waals surface area contributed by atoms with Crippen molar-refractivity contribution >= 4 is 54.6 Å². The minimum Gasteiger partial charge on any atom is -0.497 e. The van der Waals surface area contributed by atoms with E-state index in [9.17, 15) is 0 Å². The molecule has 0 fully saturated rings. The van der Waals surface area contributed by atoms with Gasteiger partial charge in [0.15, 0.2) is 0 Å². The Labute approximate surface area is 290 Å². The fourth-order valence-electron chi connectivity index (χ4n) is 7.08. The molecule has 0 spiro atoms. The number of fused-ring (bicyclic) bond motifs is 12. The molecule has 0 saturated carbocycles. The minimum absolute atomic E-state index is 0. The first-order valence-electron chi connectivity index (χ1n) is 15.6. The first-order chi connectivity index (χ1) is 23.3. The van der Waals surface area contributed by atoms with Crippen molar-refractivity contribution in [3.8, 4) is 33.8 Å². The van der Waals surface area contributed by atoms with Gasteiger partial charge in [0, 0.05) is 47.3 Å². The number of imidazole rings is 2. The van der Waals surface area contributed by atoms with E-state index in [-0.39, 0.29) is 21.1 Å². The Morgan fingerprint density at radius 3 is 1.79 bits per heavy atom. The average Bonchev–Trinajstić information content (AvgIpc) is 3.84. The topological polar surface area (TPSA) is 43.8 Å². The van der Waals surface area contributed by atoms with Crippen molar-refractivity contribution in [1.29, 1.82) is 0 Å². The third kappa shape index (κ3) is 4.28. The summed E-state index contributed by atoms with van der Waals surface area (Å²) >= 11 is 0. The maximum absolute atomic E-state index is 6.49. The van der Waals surface area contributed by atoms with Crippen LogP contribution in [0.25, 0.3) is 76.9 Å². The molecule has 10 rings (SSSR count). The molecule has 0 unspecified atom stereocenters. The van der Waals surface area contributed by atoms with Gasteiger partial charge in [0.05, 0.1) is 11.3 Å². The monoisotopic (exact) mass is 795 g/mol. The molecule has 10 aromatic rings. The molecule has 48 heavy (non-hydrogen) atoms. The second kappa shape index (κ2) is 11.2. The van der Waals surface area contributed by atoms with Gasteiger partial charge in [-0.05, 0) is 45.2 Å². The molecule has 0 aliphatic carbocycles. The summed E-state index contributed by atoms with van der Waals surface area (Å²) in [5, 5.41) is 6.25. The van der Waals surface area contributed by atoms with Crippen LogP contribution in [0.5, 0.6) is 11.5 Å². The predicted molar refractivity (Wildman–Crippen MR) is 189 cm³/mol. The van der Waals surface area contributed by atoms with E-state index in [1.165, 1.54) is 16.7 Å². The molecule has 4 aromatic heterocycles. The zero-order valence-corrected chi connectivity index (χ0v) is 27.6. The Morgan fingerprint density at radius 2 is 1.08 bits per heavy atom. The van der Waals surface area contributed by atoms with Gasteiger partial charge in [-0.1, -0.05) is 131 Å². The zero-order chi connectivity index (χ0) is 30.9. The minimum atomic E-state index is 0. The fourth-order valence-corrected chi connectivity index (χ4v) is 7.08. The predicted octanol–water partition coefficient (Wildman–Crippen LogP) is 10.3. The second-order valence-electron chi connectivity index (χ2n) is 11.7. The molecule has 6 heteroatoms. The number of nitrogens with zero attached hydrogens (tertiary/aromatic N) is 4. The van der Waals surface area contributed by atoms with E-state index in [4.69, 9.17) is 9.72 Å². The summed E-state index contributed by atoms with van der Waals surface area (Å²) in [6, 6.07) is 49.3. The van der Waals surface area contributed by atoms with Crippen LogP contribution in [0.1, 0.15) is 0 Å². The van der Waals surface area contributed by atoms with Crippen LogP contribution in [0.4, 0.5) is 0 Å². The standard InChI is InChI=1S/C42H24N4O.Pt/c1-3-9-27(10-4-1)31-19-20-38-40(39(31)28-11-5-2-6-12-28)34-18-16-30(26-36(34)42-44-22-24-46(38)42)47-29-15-17-32-33-13-7-8-14-37(33)45-23-21-43-41(45)35(32)25-29;/h1-24H;/q-2;+2. The van der Waals surface area contributed by atoms with Gasteiger partial charge in [0.2, 0.25) is 0 Å². The molecule has 0 amide bonds. The van der Waals surface area contributed by atoms with E-state index in [0.29, 0.717) is 11.5 Å². The van der Waals surface area contributed by atoms with Crippen molar-refractivity contribution in [1.82, 2.24) is 18.8 Å². The third-order valence-electron chi connectivity index (χ3n) is 9.10. The normalized spacial score (nSPS) is 11.6. The quantitative estimate of drug-likeness (QED) is 0.132. The summed E-state index contributed by atoms with van der Waals surface area (Å²) in [7, 11) is 0. The fraction of sp³-hybridized carbons (Fsp3) is 0. The number of aromatic nitrogens is 4. The summed E-state index contributed by atoms with van der Waals surface area (Å²) in [5.41, 5.74) is 8.55. The van der Waals surface area contributed by atoms with Crippen LogP contribution >= 0.6 is 0 Å². The van der Waals surface area contributed by atoms with E-state index < -0.39 is 0 Å². The van der Waals surface area contributed by atoms with Crippen LogP contribution in [0, 0.1) is 12.1 Å². The van der Waals surface area contributed by atoms with E-state index in [1.807, 2.05) is 36.9 Å². The molecule has 5 nitrogen and oxygen atoms in total. The van der Waals surface area contributed by atoms with Gasteiger partial charge in [-0.3, -0.25) is 9.97 Å². The molecule has 0 aliphatic rings. The SMILES string of the molecule is [Pt+2].[c-]1c(Oc2[c-]c3c(cc2)c2c(-c4ccccc4)c(-c4ccccc4)ccc2n2ccnc32)ccc2c1c1nccn1c1ccccc21. The van der Waals surface area contributed by atoms with Crippen molar-refractivity contribution in [3.63, 3.8) is 0 Å². The third-order valence-corrected chi connectivity index (χ3v) is 9.10. The van der Waals surface area contributed by atoms with Crippen molar-refractivity contribution in [2.45, 2.75) is 0 Å². The molecule has 0 aliphatic heterocycles. The largest absolute Gasteiger partial charge is 2.00 e. The van der Waals surface area contributed by atoms with Crippen LogP contribution in [0.2, 0.25) is 0 Å². The number of rotatable bonds is 4. The Kier molecular flexibility index (Phi) is 6.63. The van der Waals surface area contributed by atoms with Crippen LogP contribution < -0.4 is 4.74 Å². The smallest absolute Gasteiger partial charge is 0.497 e. The van der Waals surface area contributed by atoms with Crippen LogP contribution in [0.15, 0.2) is 146 Å². The molecule has 228 valence electrons. The Morgan fingerprint density at radius 1 is 0.500 bits per heavy atom. The second-order valence-corrected chi connectivity index (χ2v) is 11.7. The van der Waals surface area contributed by atoms with Gasteiger partial charge in [0.1, 0.15) is 0 Å². The van der Waals surface area contributed by atoms with E-state index >= 15 is 0 Å². The number of para-hydroxylation sites is 1. The first kappa shape index (κ1) is 28.5. The number of hydrogen-bond acceptors (Lipinski definition) is 3. The van der Waals surface area contributed by atoms with Crippen molar-refractivity contribution in [3.05, 3.63) is 158 Å². The number of hydrogen-bond donors (Lipinski definition) is 0. The number of pyridine rings is 2. The van der Waals surface area contributed by atoms with E-state index in [1.54, 1.807) is 0 Å². The summed E-state index contributed by atoms with van der Waals surface area (Å²) in [5.74, 6) is 1.20. The molecular formula is C42H24N4OPt. The van der Waals surface area contributed by atoms with Gasteiger partial charge >= 0.3 is 21.1 Å². The molecule has 0 atom stereocenters. The Balaban J connectivity index is 0.00000314. The van der Waals surface area contributed by atoms with Crippen molar-refractivity contribution in [2.75, 3.05) is 0 Å². The summed E-state index contributed by atoms with van der Waals surface area (Å²) in [6.45, 7) is 0. The average molecular weight is 796 g/mol. The van der Waals surface area contributed by atoms with E-state index in [2.05, 4.69) is 135 Å². The van der Waals surface area contributed by atoms with Crippen LogP contribution in [0.3, 0.4) is 0 Å². The molecule has 0 saturated heterocycles. The Hall–Kier alpha value is -5.77. The van der Waals surface area contributed by atoms with Crippen LogP contribution in [-0.2, 0) is 21.1 Å². The molecule has 4 heterocycles. The van der Waals surface area contributed by atoms with Crippen LogP contribution in [-0.4, -0.2) is 18.8 Å². The van der Waals surface area contributed by atoms with Gasteiger partial charge in [0.25, 0.3) is 0 Å². The molecular weight excluding hydrogens is 772 g/mol. The zero-order valence-electron chi connectivity index (χ0n) is 25.4. The maximum atomic E-state index is 6.49. The summed E-state index contributed by atoms with van der Waals surface area (Å²) in [6.07, 6.45) is 7.68. The van der Waals surface area contributed by atoms with Gasteiger partial charge < -0.3 is 13.5 Å². The molecule has 6 aromatic carbocycles. The van der Waals surface area contributed by atoms with Gasteiger partial charge in [-0.2, -0.15) is 0 Å². The van der Waals surface area contributed by atoms with Gasteiger partial charge in [-0.25, -0.2) is 0 Å². The van der Waals surface area contributed by atoms with Crippen molar-refractivity contribution in [2.24, 2.45) is 0 Å².